The number of piperazine rings is 1. The van der Waals surface area contributed by atoms with Crippen LogP contribution in [-0.4, -0.2) is 84.4 Å². The summed E-state index contributed by atoms with van der Waals surface area (Å²) in [5.74, 6) is 0.368. The topological polar surface area (TPSA) is 76.4 Å². The lowest BCUT2D eigenvalue weighted by Gasteiger charge is -2.36. The molecular weight excluding hydrogens is 366 g/mol. The maximum atomic E-state index is 12.7. The van der Waals surface area contributed by atoms with E-state index in [2.05, 4.69) is 26.9 Å². The van der Waals surface area contributed by atoms with E-state index in [0.29, 0.717) is 18.5 Å². The highest BCUT2D eigenvalue weighted by atomic mass is 16.3. The average molecular weight is 398 g/mol. The summed E-state index contributed by atoms with van der Waals surface area (Å²) >= 11 is 0. The lowest BCUT2D eigenvalue weighted by molar-refractivity contribution is -0.116. The Morgan fingerprint density at radius 2 is 1.79 bits per heavy atom. The zero-order valence-electron chi connectivity index (χ0n) is 17.0. The van der Waals surface area contributed by atoms with Crippen molar-refractivity contribution in [3.8, 4) is 0 Å². The number of rotatable bonds is 6. The number of allylic oxidation sites excluding steroid dienone is 2. The number of Topliss-reactive ketones (excluding diaryl/α,β-unsaturated/α-hetero) is 1. The molecule has 3 aliphatic rings. The summed E-state index contributed by atoms with van der Waals surface area (Å²) in [5, 5.41) is 19.8. The molecule has 156 valence electrons. The molecule has 4 rings (SSSR count). The van der Waals surface area contributed by atoms with Crippen LogP contribution in [-0.2, 0) is 11.2 Å². The number of aliphatic hydroxyl groups excluding tert-OH is 2. The van der Waals surface area contributed by atoms with Gasteiger partial charge in [0.05, 0.1) is 18.7 Å². The van der Waals surface area contributed by atoms with E-state index in [4.69, 9.17) is 5.11 Å². The van der Waals surface area contributed by atoms with Crippen LogP contribution in [0.5, 0.6) is 0 Å². The van der Waals surface area contributed by atoms with Crippen LogP contribution in [0.4, 0.5) is 0 Å². The number of hydrogen-bond acceptors (Lipinski definition) is 6. The maximum Gasteiger partial charge on any atom is 0.168 e. The molecule has 0 aromatic heterocycles. The number of carbonyl (C=O) groups excluding carboxylic acids is 1. The molecule has 0 bridgehead atoms. The highest BCUT2D eigenvalue weighted by Crippen LogP contribution is 2.45. The van der Waals surface area contributed by atoms with Crippen molar-refractivity contribution in [3.63, 3.8) is 0 Å². The molecule has 6 heteroatoms. The molecular formula is C23H31N3O3. The molecule has 0 saturated carbocycles. The van der Waals surface area contributed by atoms with Crippen LogP contribution in [0.3, 0.4) is 0 Å². The van der Waals surface area contributed by atoms with Crippen molar-refractivity contribution in [2.75, 3.05) is 52.4 Å². The summed E-state index contributed by atoms with van der Waals surface area (Å²) in [4.78, 5) is 21.8. The summed E-state index contributed by atoms with van der Waals surface area (Å²) in [7, 11) is 0. The third kappa shape index (κ3) is 4.44. The lowest BCUT2D eigenvalue weighted by atomic mass is 9.68. The van der Waals surface area contributed by atoms with E-state index in [1.807, 2.05) is 12.1 Å². The van der Waals surface area contributed by atoms with Crippen LogP contribution in [0, 0.1) is 5.92 Å². The first-order valence-corrected chi connectivity index (χ1v) is 10.8. The van der Waals surface area contributed by atoms with E-state index >= 15 is 0 Å². The fourth-order valence-electron chi connectivity index (χ4n) is 4.96. The maximum absolute atomic E-state index is 12.7. The predicted molar refractivity (Wildman–Crippen MR) is 114 cm³/mol. The van der Waals surface area contributed by atoms with Crippen LogP contribution >= 0.6 is 0 Å². The summed E-state index contributed by atoms with van der Waals surface area (Å²) in [6, 6.07) is 8.31. The van der Waals surface area contributed by atoms with Crippen molar-refractivity contribution >= 4 is 12.0 Å². The van der Waals surface area contributed by atoms with Gasteiger partial charge in [-0.15, -0.1) is 0 Å². The van der Waals surface area contributed by atoms with Gasteiger partial charge >= 0.3 is 0 Å². The van der Waals surface area contributed by atoms with Gasteiger partial charge < -0.3 is 10.2 Å². The van der Waals surface area contributed by atoms with Gasteiger partial charge in [0.1, 0.15) is 5.76 Å². The number of carbonyl (C=O) groups is 1. The molecule has 29 heavy (non-hydrogen) atoms. The van der Waals surface area contributed by atoms with Gasteiger partial charge in [-0.05, 0) is 24.0 Å². The zero-order valence-corrected chi connectivity index (χ0v) is 17.0. The molecule has 1 heterocycles. The van der Waals surface area contributed by atoms with E-state index < -0.39 is 0 Å². The van der Waals surface area contributed by atoms with E-state index in [9.17, 15) is 9.90 Å². The summed E-state index contributed by atoms with van der Waals surface area (Å²) in [6.45, 7) is 6.33. The molecule has 0 spiro atoms. The molecule has 2 unspecified atom stereocenters. The van der Waals surface area contributed by atoms with Gasteiger partial charge in [0.2, 0.25) is 0 Å². The molecule has 1 aromatic rings. The number of ketones is 1. The van der Waals surface area contributed by atoms with Gasteiger partial charge in [0.15, 0.2) is 5.78 Å². The van der Waals surface area contributed by atoms with Crippen molar-refractivity contribution in [3.05, 3.63) is 46.7 Å². The van der Waals surface area contributed by atoms with E-state index in [1.54, 1.807) is 6.21 Å². The average Bonchev–Trinajstić information content (AvgIpc) is 2.74. The van der Waals surface area contributed by atoms with Gasteiger partial charge in [-0.25, -0.2) is 0 Å². The molecule has 2 aliphatic carbocycles. The molecule has 1 aromatic carbocycles. The molecule has 2 N–H and O–H groups in total. The Kier molecular flexibility index (Phi) is 6.43. The van der Waals surface area contributed by atoms with Gasteiger partial charge in [0, 0.05) is 63.7 Å². The highest BCUT2D eigenvalue weighted by molar-refractivity contribution is 6.14. The summed E-state index contributed by atoms with van der Waals surface area (Å²) in [6.07, 6.45) is 3.90. The molecule has 2 atom stereocenters. The van der Waals surface area contributed by atoms with Crippen LogP contribution in [0.2, 0.25) is 0 Å². The van der Waals surface area contributed by atoms with Crippen LogP contribution in [0.25, 0.3) is 0 Å². The van der Waals surface area contributed by atoms with Gasteiger partial charge in [0.25, 0.3) is 0 Å². The van der Waals surface area contributed by atoms with Crippen molar-refractivity contribution in [2.45, 2.75) is 25.2 Å². The SMILES string of the molecule is O=C1CC2c3ccccc3CCC2C(O)=C1C=NCCN1CCN(CCO)CC1. The number of benzene rings is 1. The summed E-state index contributed by atoms with van der Waals surface area (Å²) < 4.78 is 0. The van der Waals surface area contributed by atoms with Gasteiger partial charge in [-0.2, -0.15) is 0 Å². The minimum atomic E-state index is 0.00169. The van der Waals surface area contributed by atoms with E-state index in [0.717, 1.165) is 52.1 Å². The van der Waals surface area contributed by atoms with E-state index in [-0.39, 0.29) is 30.0 Å². The normalized spacial score (nSPS) is 26.0. The Labute approximate surface area is 172 Å². The Balaban J connectivity index is 1.35. The smallest absolute Gasteiger partial charge is 0.168 e. The number of aliphatic imine (C=N–C) groups is 1. The first-order chi connectivity index (χ1) is 14.2. The number of hydrogen-bond donors (Lipinski definition) is 2. The highest BCUT2D eigenvalue weighted by Gasteiger charge is 2.39. The molecule has 6 nitrogen and oxygen atoms in total. The van der Waals surface area contributed by atoms with Crippen molar-refractivity contribution in [1.82, 2.24) is 9.80 Å². The second kappa shape index (κ2) is 9.20. The number of β-amino-alcohol motifs (C(OH)–C–C–N with tert-alkyl or cyclic N) is 1. The third-order valence-electron chi connectivity index (χ3n) is 6.64. The Morgan fingerprint density at radius 3 is 2.55 bits per heavy atom. The van der Waals surface area contributed by atoms with Crippen molar-refractivity contribution in [2.24, 2.45) is 10.9 Å². The Bertz CT molecular complexity index is 796. The number of fused-ring (bicyclic) bond motifs is 3. The number of nitrogens with zero attached hydrogens (tertiary/aromatic N) is 3. The molecule has 1 fully saturated rings. The van der Waals surface area contributed by atoms with Crippen molar-refractivity contribution in [1.29, 1.82) is 0 Å². The largest absolute Gasteiger partial charge is 0.511 e. The Hall–Kier alpha value is -2.02. The fourth-order valence-corrected chi connectivity index (χ4v) is 4.96. The van der Waals surface area contributed by atoms with Gasteiger partial charge in [-0.3, -0.25) is 19.6 Å². The lowest BCUT2D eigenvalue weighted by Crippen LogP contribution is -2.47. The quantitative estimate of drug-likeness (QED) is 0.716. The number of aliphatic hydroxyl groups is 2. The molecule has 0 radical (unpaired) electrons. The monoisotopic (exact) mass is 397 g/mol. The van der Waals surface area contributed by atoms with Crippen molar-refractivity contribution < 1.29 is 15.0 Å². The fraction of sp³-hybridized carbons (Fsp3) is 0.565. The molecule has 1 aliphatic heterocycles. The Morgan fingerprint density at radius 1 is 1.07 bits per heavy atom. The minimum absolute atomic E-state index is 0.00169. The first-order valence-electron chi connectivity index (χ1n) is 10.8. The third-order valence-corrected chi connectivity index (χ3v) is 6.64. The van der Waals surface area contributed by atoms with Crippen LogP contribution in [0.1, 0.15) is 29.9 Å². The second-order valence-corrected chi connectivity index (χ2v) is 8.32. The zero-order chi connectivity index (χ0) is 20.2. The molecule has 0 amide bonds. The van der Waals surface area contributed by atoms with Crippen LogP contribution < -0.4 is 0 Å². The number of aryl methyl sites for hydroxylation is 1. The minimum Gasteiger partial charge on any atom is -0.511 e. The summed E-state index contributed by atoms with van der Waals surface area (Å²) in [5.41, 5.74) is 2.95. The molecule has 1 saturated heterocycles. The van der Waals surface area contributed by atoms with Gasteiger partial charge in [-0.1, -0.05) is 24.3 Å². The standard InChI is InChI=1S/C23H31N3O3/c27-14-13-26-11-9-25(10-12-26)8-7-24-16-21-22(28)15-20-18-4-2-1-3-17(18)5-6-19(20)23(21)29/h1-4,16,19-20,27,29H,5-15H2. The van der Waals surface area contributed by atoms with Crippen LogP contribution in [0.15, 0.2) is 40.6 Å². The predicted octanol–water partition coefficient (Wildman–Crippen LogP) is 1.80. The first kappa shape index (κ1) is 20.3. The second-order valence-electron chi connectivity index (χ2n) is 8.32. The van der Waals surface area contributed by atoms with E-state index in [1.165, 1.54) is 11.1 Å².